The molecule has 1 aromatic heterocycles. The molecule has 0 saturated heterocycles. The monoisotopic (exact) mass is 275 g/mol. The number of hydrogen-bond acceptors (Lipinski definition) is 3. The van der Waals surface area contributed by atoms with Crippen molar-refractivity contribution in [3.63, 3.8) is 0 Å². The van der Waals surface area contributed by atoms with Gasteiger partial charge in [-0.25, -0.2) is 4.98 Å². The van der Waals surface area contributed by atoms with E-state index in [1.54, 1.807) is 6.26 Å². The van der Waals surface area contributed by atoms with Crippen LogP contribution in [0.5, 0.6) is 0 Å². The van der Waals surface area contributed by atoms with Gasteiger partial charge in [-0.2, -0.15) is 0 Å². The highest BCUT2D eigenvalue weighted by Gasteiger charge is 2.02. The predicted octanol–water partition coefficient (Wildman–Crippen LogP) is 3.40. The number of aromatic nitrogens is 1. The molecule has 0 aliphatic heterocycles. The van der Waals surface area contributed by atoms with Crippen molar-refractivity contribution in [1.82, 2.24) is 4.98 Å². The molecule has 0 bridgehead atoms. The third-order valence-electron chi connectivity index (χ3n) is 1.82. The summed E-state index contributed by atoms with van der Waals surface area (Å²) in [6.45, 7) is 7.95. The van der Waals surface area contributed by atoms with Crippen molar-refractivity contribution >= 4 is 21.7 Å². The first kappa shape index (κ1) is 14.4. The lowest BCUT2D eigenvalue weighted by molar-refractivity contribution is -0.119. The van der Waals surface area contributed by atoms with Gasteiger partial charge in [0.15, 0.2) is 6.39 Å². The maximum absolute atomic E-state index is 10.5. The van der Waals surface area contributed by atoms with Crippen molar-refractivity contribution in [2.45, 2.75) is 33.6 Å². The topological polar surface area (TPSA) is 43.1 Å². The third-order valence-corrected chi connectivity index (χ3v) is 2.37. The summed E-state index contributed by atoms with van der Waals surface area (Å²) in [7, 11) is 0. The lowest BCUT2D eigenvalue weighted by atomic mass is 10.1. The molecule has 0 N–H and O–H groups in total. The van der Waals surface area contributed by atoms with Crippen LogP contribution in [0.3, 0.4) is 0 Å². The minimum atomic E-state index is 0.180. The molecule has 3 nitrogen and oxygen atoms in total. The van der Waals surface area contributed by atoms with Gasteiger partial charge in [-0.15, -0.1) is 0 Å². The summed E-state index contributed by atoms with van der Waals surface area (Å²) in [5.74, 6) is 0.924. The zero-order valence-corrected chi connectivity index (χ0v) is 11.2. The first-order chi connectivity index (χ1) is 6.99. The summed E-state index contributed by atoms with van der Waals surface area (Å²) >= 11 is 3.07. The zero-order chi connectivity index (χ0) is 11.8. The number of carbonyl (C=O) groups is 1. The van der Waals surface area contributed by atoms with Crippen LogP contribution < -0.4 is 0 Å². The van der Waals surface area contributed by atoms with Crippen LogP contribution in [0.25, 0.3) is 0 Å². The molecule has 0 atom stereocenters. The lowest BCUT2D eigenvalue weighted by Gasteiger charge is -1.95. The largest absolute Gasteiger partial charge is 0.451 e. The molecule has 86 valence electrons. The third kappa shape index (κ3) is 6.44. The molecule has 0 spiro atoms. The smallest absolute Gasteiger partial charge is 0.180 e. The second-order valence-electron chi connectivity index (χ2n) is 3.82. The molecule has 4 heteroatoms. The number of nitrogens with zero attached hydrogens (tertiary/aromatic N) is 1. The van der Waals surface area contributed by atoms with Crippen molar-refractivity contribution in [1.29, 1.82) is 0 Å². The van der Waals surface area contributed by atoms with Crippen molar-refractivity contribution in [2.24, 2.45) is 5.92 Å². The average molecular weight is 276 g/mol. The van der Waals surface area contributed by atoms with E-state index in [1.165, 1.54) is 6.39 Å². The summed E-state index contributed by atoms with van der Waals surface area (Å²) < 4.78 is 4.76. The van der Waals surface area contributed by atoms with E-state index in [-0.39, 0.29) is 11.7 Å². The van der Waals surface area contributed by atoms with E-state index in [4.69, 9.17) is 4.42 Å². The molecule has 0 saturated carbocycles. The number of Topliss-reactive ketones (excluding diaryl/α,β-unsaturated/α-hetero) is 1. The molecule has 0 amide bonds. The van der Waals surface area contributed by atoms with Crippen LogP contribution in [0.15, 0.2) is 17.1 Å². The summed E-state index contributed by atoms with van der Waals surface area (Å²) in [5.41, 5.74) is 1.02. The van der Waals surface area contributed by atoms with Crippen LogP contribution in [0.1, 0.15) is 39.3 Å². The van der Waals surface area contributed by atoms with Gasteiger partial charge in [-0.05, 0) is 5.92 Å². The number of alkyl halides is 1. The lowest BCUT2D eigenvalue weighted by Crippen LogP contribution is -2.06. The molecular weight excluding hydrogens is 258 g/mol. The van der Waals surface area contributed by atoms with Gasteiger partial charge in [0, 0.05) is 5.92 Å². The Morgan fingerprint density at radius 3 is 2.20 bits per heavy atom. The fourth-order valence-corrected chi connectivity index (χ4v) is 1.31. The fraction of sp³-hybridized carbons (Fsp3) is 0.636. The Labute approximate surface area is 99.4 Å². The minimum absolute atomic E-state index is 0.180. The standard InChI is InChI=1S/C6H9NO.C5H9BrO/c1-5(2)6-3-8-4-7-6;1-4(2)5(7)3-6/h3-5H,1-2H3;4H,3H2,1-2H3. The molecule has 0 aromatic carbocycles. The number of halogens is 1. The van der Waals surface area contributed by atoms with Gasteiger partial charge in [0.2, 0.25) is 0 Å². The normalized spacial score (nSPS) is 10.1. The average Bonchev–Trinajstić information content (AvgIpc) is 2.70. The Balaban J connectivity index is 0.000000265. The maximum atomic E-state index is 10.5. The summed E-state index contributed by atoms with van der Waals surface area (Å²) in [6.07, 6.45) is 3.12. The Kier molecular flexibility index (Phi) is 7.30. The van der Waals surface area contributed by atoms with Crippen LogP contribution in [-0.2, 0) is 4.79 Å². The highest BCUT2D eigenvalue weighted by molar-refractivity contribution is 9.09. The minimum Gasteiger partial charge on any atom is -0.451 e. The first-order valence-electron chi connectivity index (χ1n) is 4.95. The van der Waals surface area contributed by atoms with Crippen molar-refractivity contribution < 1.29 is 9.21 Å². The second-order valence-corrected chi connectivity index (χ2v) is 4.38. The van der Waals surface area contributed by atoms with Gasteiger partial charge in [-0.3, -0.25) is 4.79 Å². The van der Waals surface area contributed by atoms with Gasteiger partial charge < -0.3 is 4.42 Å². The maximum Gasteiger partial charge on any atom is 0.180 e. The zero-order valence-electron chi connectivity index (χ0n) is 9.66. The molecule has 1 rings (SSSR count). The van der Waals surface area contributed by atoms with Crippen LogP contribution in [0, 0.1) is 5.92 Å². The van der Waals surface area contributed by atoms with Gasteiger partial charge in [0.05, 0.1) is 11.0 Å². The summed E-state index contributed by atoms with van der Waals surface area (Å²) in [6, 6.07) is 0. The molecule has 1 heterocycles. The summed E-state index contributed by atoms with van der Waals surface area (Å²) in [4.78, 5) is 14.4. The van der Waals surface area contributed by atoms with E-state index in [2.05, 4.69) is 34.8 Å². The van der Waals surface area contributed by atoms with E-state index in [1.807, 2.05) is 13.8 Å². The van der Waals surface area contributed by atoms with Crippen LogP contribution >= 0.6 is 15.9 Å². The predicted molar refractivity (Wildman–Crippen MR) is 64.2 cm³/mol. The fourth-order valence-electron chi connectivity index (χ4n) is 0.661. The van der Waals surface area contributed by atoms with E-state index >= 15 is 0 Å². The highest BCUT2D eigenvalue weighted by atomic mass is 79.9. The van der Waals surface area contributed by atoms with Gasteiger partial charge >= 0.3 is 0 Å². The van der Waals surface area contributed by atoms with Crippen LogP contribution in [-0.4, -0.2) is 16.1 Å². The molecule has 0 aliphatic rings. The van der Waals surface area contributed by atoms with Gasteiger partial charge in [0.25, 0.3) is 0 Å². The molecule has 0 unspecified atom stereocenters. The van der Waals surface area contributed by atoms with E-state index < -0.39 is 0 Å². The van der Waals surface area contributed by atoms with Crippen molar-refractivity contribution in [3.8, 4) is 0 Å². The molecule has 1 aromatic rings. The van der Waals surface area contributed by atoms with Gasteiger partial charge in [0.1, 0.15) is 12.0 Å². The Bertz CT molecular complexity index is 268. The Morgan fingerprint density at radius 2 is 2.07 bits per heavy atom. The number of rotatable bonds is 3. The molecule has 0 aliphatic carbocycles. The van der Waals surface area contributed by atoms with E-state index in [0.717, 1.165) is 5.69 Å². The van der Waals surface area contributed by atoms with Crippen LogP contribution in [0.2, 0.25) is 0 Å². The second kappa shape index (κ2) is 7.63. The SMILES string of the molecule is CC(C)C(=O)CBr.CC(C)c1cocn1. The van der Waals surface area contributed by atoms with E-state index in [0.29, 0.717) is 11.2 Å². The quantitative estimate of drug-likeness (QED) is 0.794. The molecule has 15 heavy (non-hydrogen) atoms. The first-order valence-corrected chi connectivity index (χ1v) is 6.08. The number of carbonyl (C=O) groups excluding carboxylic acids is 1. The van der Waals surface area contributed by atoms with Crippen molar-refractivity contribution in [2.75, 3.05) is 5.33 Å². The number of ketones is 1. The Morgan fingerprint density at radius 1 is 1.47 bits per heavy atom. The van der Waals surface area contributed by atoms with Crippen molar-refractivity contribution in [3.05, 3.63) is 18.4 Å². The van der Waals surface area contributed by atoms with E-state index in [9.17, 15) is 4.79 Å². The molecule has 0 fully saturated rings. The summed E-state index contributed by atoms with van der Waals surface area (Å²) in [5, 5.41) is 0.491. The van der Waals surface area contributed by atoms with Gasteiger partial charge in [-0.1, -0.05) is 43.6 Å². The molecular formula is C11H18BrNO2. The number of hydrogen-bond donors (Lipinski definition) is 0. The van der Waals surface area contributed by atoms with Crippen LogP contribution in [0.4, 0.5) is 0 Å². The number of oxazole rings is 1. The molecule has 0 radical (unpaired) electrons. The Hall–Kier alpha value is -0.640. The highest BCUT2D eigenvalue weighted by Crippen LogP contribution is 2.09.